The van der Waals surface area contributed by atoms with E-state index in [0.717, 1.165) is 11.1 Å². The number of rotatable bonds is 6. The number of hydrogen-bond acceptors (Lipinski definition) is 3. The number of aliphatic hydroxyl groups excluding tert-OH is 1. The molecule has 0 radical (unpaired) electrons. The van der Waals surface area contributed by atoms with Gasteiger partial charge in [-0.1, -0.05) is 48.5 Å². The van der Waals surface area contributed by atoms with Gasteiger partial charge < -0.3 is 10.4 Å². The van der Waals surface area contributed by atoms with Crippen molar-refractivity contribution in [2.45, 2.75) is 18.2 Å². The highest BCUT2D eigenvalue weighted by Gasteiger charge is 2.19. The molecule has 116 valence electrons. The smallest absolute Gasteiger partial charge is 0.252 e. The van der Waals surface area contributed by atoms with Crippen LogP contribution >= 0.6 is 11.8 Å². The van der Waals surface area contributed by atoms with Gasteiger partial charge in [-0.3, -0.25) is 4.79 Å². The minimum absolute atomic E-state index is 0.00663. The lowest BCUT2D eigenvalue weighted by molar-refractivity contribution is 0.0936. The predicted molar refractivity (Wildman–Crippen MR) is 93.2 cm³/mol. The Morgan fingerprint density at radius 3 is 2.41 bits per heavy atom. The van der Waals surface area contributed by atoms with Crippen molar-refractivity contribution in [1.29, 1.82) is 0 Å². The van der Waals surface area contributed by atoms with Gasteiger partial charge in [-0.05, 0) is 30.4 Å². The molecule has 2 atom stereocenters. The maximum Gasteiger partial charge on any atom is 0.252 e. The Morgan fingerprint density at radius 1 is 1.14 bits per heavy atom. The summed E-state index contributed by atoms with van der Waals surface area (Å²) >= 11 is 1.55. The molecule has 0 aliphatic rings. The second kappa shape index (κ2) is 8.01. The fourth-order valence-corrected chi connectivity index (χ4v) is 2.99. The van der Waals surface area contributed by atoms with Crippen molar-refractivity contribution in [1.82, 2.24) is 5.32 Å². The Labute approximate surface area is 135 Å². The Kier molecular flexibility index (Phi) is 6.04. The number of amides is 1. The third-order valence-electron chi connectivity index (χ3n) is 3.66. The molecule has 2 rings (SSSR count). The Morgan fingerprint density at radius 2 is 1.77 bits per heavy atom. The van der Waals surface area contributed by atoms with Crippen molar-refractivity contribution in [3.8, 4) is 11.1 Å². The lowest BCUT2D eigenvalue weighted by Gasteiger charge is -2.22. The molecule has 2 unspecified atom stereocenters. The molecule has 0 spiro atoms. The standard InChI is InChI=1S/C18H21NO2S/c1-13(17(12-20)22-2)19-18(21)16-11-7-6-10-15(16)14-8-4-3-5-9-14/h3-11,13,17,20H,12H2,1-2H3,(H,19,21). The third-order valence-corrected chi connectivity index (χ3v) is 4.82. The van der Waals surface area contributed by atoms with Crippen molar-refractivity contribution in [2.24, 2.45) is 0 Å². The summed E-state index contributed by atoms with van der Waals surface area (Å²) in [5.74, 6) is -0.112. The first kappa shape index (κ1) is 16.6. The number of carbonyl (C=O) groups excluding carboxylic acids is 1. The van der Waals surface area contributed by atoms with Crippen LogP contribution in [-0.4, -0.2) is 35.2 Å². The van der Waals surface area contributed by atoms with Crippen LogP contribution in [0.25, 0.3) is 11.1 Å². The van der Waals surface area contributed by atoms with Gasteiger partial charge in [0.2, 0.25) is 0 Å². The van der Waals surface area contributed by atoms with Gasteiger partial charge in [-0.15, -0.1) is 0 Å². The topological polar surface area (TPSA) is 49.3 Å². The van der Waals surface area contributed by atoms with Gasteiger partial charge in [0.25, 0.3) is 5.91 Å². The zero-order chi connectivity index (χ0) is 15.9. The van der Waals surface area contributed by atoms with Crippen molar-refractivity contribution >= 4 is 17.7 Å². The van der Waals surface area contributed by atoms with Crippen LogP contribution in [0.5, 0.6) is 0 Å². The first-order valence-electron chi connectivity index (χ1n) is 7.26. The number of hydrogen-bond donors (Lipinski definition) is 2. The van der Waals surface area contributed by atoms with Crippen LogP contribution in [0.1, 0.15) is 17.3 Å². The number of nitrogens with one attached hydrogen (secondary N) is 1. The molecule has 2 aromatic rings. The van der Waals surface area contributed by atoms with Gasteiger partial charge in [0.15, 0.2) is 0 Å². The normalized spacial score (nSPS) is 13.4. The molecule has 0 bridgehead atoms. The molecule has 0 aromatic heterocycles. The number of carbonyl (C=O) groups is 1. The molecular weight excluding hydrogens is 294 g/mol. The Balaban J connectivity index is 2.24. The van der Waals surface area contributed by atoms with Crippen molar-refractivity contribution in [3.05, 3.63) is 60.2 Å². The molecule has 0 aliphatic carbocycles. The second-order valence-electron chi connectivity index (χ2n) is 5.13. The first-order valence-corrected chi connectivity index (χ1v) is 8.55. The minimum atomic E-state index is -0.112. The predicted octanol–water partition coefficient (Wildman–Crippen LogP) is 3.20. The maximum atomic E-state index is 12.6. The molecule has 0 fully saturated rings. The van der Waals surface area contributed by atoms with E-state index in [1.807, 2.05) is 67.8 Å². The largest absolute Gasteiger partial charge is 0.395 e. The highest BCUT2D eigenvalue weighted by Crippen LogP contribution is 2.23. The molecule has 2 N–H and O–H groups in total. The van der Waals surface area contributed by atoms with Crippen LogP contribution in [0.2, 0.25) is 0 Å². The highest BCUT2D eigenvalue weighted by atomic mass is 32.2. The summed E-state index contributed by atoms with van der Waals surface area (Å²) in [5.41, 5.74) is 2.58. The molecule has 2 aromatic carbocycles. The molecule has 0 saturated carbocycles. The molecule has 4 heteroatoms. The monoisotopic (exact) mass is 315 g/mol. The molecular formula is C18H21NO2S. The maximum absolute atomic E-state index is 12.6. The zero-order valence-electron chi connectivity index (χ0n) is 12.8. The highest BCUT2D eigenvalue weighted by molar-refractivity contribution is 7.99. The Hall–Kier alpha value is -1.78. The van der Waals surface area contributed by atoms with E-state index >= 15 is 0 Å². The first-order chi connectivity index (χ1) is 10.7. The van der Waals surface area contributed by atoms with Gasteiger partial charge in [0.1, 0.15) is 0 Å². The van der Waals surface area contributed by atoms with Crippen molar-refractivity contribution in [3.63, 3.8) is 0 Å². The summed E-state index contributed by atoms with van der Waals surface area (Å²) in [6, 6.07) is 17.3. The lowest BCUT2D eigenvalue weighted by Crippen LogP contribution is -2.41. The average molecular weight is 315 g/mol. The van der Waals surface area contributed by atoms with Gasteiger partial charge in [-0.2, -0.15) is 11.8 Å². The second-order valence-corrected chi connectivity index (χ2v) is 6.21. The minimum Gasteiger partial charge on any atom is -0.395 e. The van der Waals surface area contributed by atoms with Crippen molar-refractivity contribution < 1.29 is 9.90 Å². The van der Waals surface area contributed by atoms with E-state index in [9.17, 15) is 9.90 Å². The van der Waals surface area contributed by atoms with Crippen LogP contribution in [-0.2, 0) is 0 Å². The lowest BCUT2D eigenvalue weighted by atomic mass is 9.99. The molecule has 0 aliphatic heterocycles. The number of benzene rings is 2. The van der Waals surface area contributed by atoms with E-state index in [4.69, 9.17) is 0 Å². The van der Waals surface area contributed by atoms with Gasteiger partial charge in [-0.25, -0.2) is 0 Å². The van der Waals surface area contributed by atoms with E-state index < -0.39 is 0 Å². The molecule has 3 nitrogen and oxygen atoms in total. The van der Waals surface area contributed by atoms with Gasteiger partial charge in [0, 0.05) is 16.9 Å². The SMILES string of the molecule is CSC(CO)C(C)NC(=O)c1ccccc1-c1ccccc1. The fraction of sp³-hybridized carbons (Fsp3) is 0.278. The number of aliphatic hydroxyl groups is 1. The van der Waals surface area contributed by atoms with Crippen molar-refractivity contribution in [2.75, 3.05) is 12.9 Å². The molecule has 1 amide bonds. The van der Waals surface area contributed by atoms with Crippen LogP contribution < -0.4 is 5.32 Å². The summed E-state index contributed by atoms with van der Waals surface area (Å²) < 4.78 is 0. The summed E-state index contributed by atoms with van der Waals surface area (Å²) in [5, 5.41) is 12.3. The van der Waals surface area contributed by atoms with Gasteiger partial charge >= 0.3 is 0 Å². The third kappa shape index (κ3) is 3.90. The molecule has 0 saturated heterocycles. The fourth-order valence-electron chi connectivity index (χ4n) is 2.36. The van der Waals surface area contributed by atoms with E-state index in [0.29, 0.717) is 5.56 Å². The van der Waals surface area contributed by atoms with Gasteiger partial charge in [0.05, 0.1) is 6.61 Å². The zero-order valence-corrected chi connectivity index (χ0v) is 13.6. The summed E-state index contributed by atoms with van der Waals surface area (Å²) in [4.78, 5) is 12.6. The summed E-state index contributed by atoms with van der Waals surface area (Å²) in [6.45, 7) is 1.96. The van der Waals surface area contributed by atoms with Crippen LogP contribution in [0.15, 0.2) is 54.6 Å². The quantitative estimate of drug-likeness (QED) is 0.860. The van der Waals surface area contributed by atoms with Crippen LogP contribution in [0.4, 0.5) is 0 Å². The van der Waals surface area contributed by atoms with E-state index in [-0.39, 0.29) is 23.8 Å². The molecule has 22 heavy (non-hydrogen) atoms. The van der Waals surface area contributed by atoms with Crippen LogP contribution in [0.3, 0.4) is 0 Å². The molecule has 0 heterocycles. The van der Waals surface area contributed by atoms with E-state index in [1.165, 1.54) is 0 Å². The van der Waals surface area contributed by atoms with Crippen LogP contribution in [0, 0.1) is 0 Å². The summed E-state index contributed by atoms with van der Waals surface area (Å²) in [6.07, 6.45) is 1.93. The van der Waals surface area contributed by atoms with E-state index in [2.05, 4.69) is 5.32 Å². The Bertz CT molecular complexity index is 611. The average Bonchev–Trinajstić information content (AvgIpc) is 2.56. The van der Waals surface area contributed by atoms with E-state index in [1.54, 1.807) is 11.8 Å². The summed E-state index contributed by atoms with van der Waals surface area (Å²) in [7, 11) is 0. The number of thioether (sulfide) groups is 1.